The van der Waals surface area contributed by atoms with Crippen LogP contribution < -0.4 is 40.8 Å². The SMILES string of the molecule is CC1(C)CNC(=O)C(=O)Nc2ccc(cc2)OC/C=C/COc2ccc(cc2)CNc2nc(nc(OCC(F)(F)F)n2)Nc2ccc(cc2)C(=O)NC1. The Balaban J connectivity index is 1.31. The topological polar surface area (TPSA) is 178 Å². The summed E-state index contributed by atoms with van der Waals surface area (Å²) in [7, 11) is 0. The molecule has 3 aromatic carbocycles. The minimum Gasteiger partial charge on any atom is -0.490 e. The van der Waals surface area contributed by atoms with Gasteiger partial charge in [-0.1, -0.05) is 26.0 Å². The molecule has 0 saturated carbocycles. The molecule has 4 aliphatic rings. The van der Waals surface area contributed by atoms with E-state index in [0.29, 0.717) is 28.4 Å². The van der Waals surface area contributed by atoms with Crippen LogP contribution in [0.1, 0.15) is 29.8 Å². The molecule has 0 aliphatic carbocycles. The van der Waals surface area contributed by atoms with Crippen molar-refractivity contribution in [2.45, 2.75) is 26.6 Å². The third-order valence-electron chi connectivity index (χ3n) is 7.39. The van der Waals surface area contributed by atoms with Crippen LogP contribution in [0.3, 0.4) is 0 Å². The zero-order valence-corrected chi connectivity index (χ0v) is 28.8. The molecule has 0 atom stereocenters. The largest absolute Gasteiger partial charge is 0.490 e. The van der Waals surface area contributed by atoms with E-state index >= 15 is 0 Å². The van der Waals surface area contributed by atoms with Gasteiger partial charge in [0.1, 0.15) is 24.7 Å². The Kier molecular flexibility index (Phi) is 12.3. The summed E-state index contributed by atoms with van der Waals surface area (Å²) in [6.45, 7) is 3.05. The van der Waals surface area contributed by atoms with Crippen molar-refractivity contribution >= 4 is 41.0 Å². The number of hydrogen-bond donors (Lipinski definition) is 5. The van der Waals surface area contributed by atoms with Gasteiger partial charge in [0.15, 0.2) is 6.61 Å². The van der Waals surface area contributed by atoms with Crippen molar-refractivity contribution in [2.24, 2.45) is 5.41 Å². The number of alkyl halides is 3. The lowest BCUT2D eigenvalue weighted by atomic mass is 9.93. The molecular formula is C36H37F3N8O6. The molecule has 17 heteroatoms. The van der Waals surface area contributed by atoms with E-state index < -0.39 is 41.9 Å². The number of anilines is 4. The van der Waals surface area contributed by atoms with E-state index in [2.05, 4.69) is 41.5 Å². The number of nitrogens with one attached hydrogen (secondary N) is 5. The molecule has 8 rings (SSSR count). The first-order chi connectivity index (χ1) is 25.3. The number of carbonyl (C=O) groups is 3. The molecule has 4 aromatic rings. The molecule has 5 heterocycles. The van der Waals surface area contributed by atoms with Crippen molar-refractivity contribution in [1.82, 2.24) is 25.6 Å². The summed E-state index contributed by atoms with van der Waals surface area (Å²) in [4.78, 5) is 50.1. The van der Waals surface area contributed by atoms with E-state index in [9.17, 15) is 27.6 Å². The average molecular weight is 735 g/mol. The number of aromatic nitrogens is 3. The first-order valence-electron chi connectivity index (χ1n) is 16.3. The molecule has 0 unspecified atom stereocenters. The van der Waals surface area contributed by atoms with Gasteiger partial charge in [-0.25, -0.2) is 0 Å². The lowest BCUT2D eigenvalue weighted by Gasteiger charge is -2.25. The average Bonchev–Trinajstić information content (AvgIpc) is 3.13. The van der Waals surface area contributed by atoms with Crippen LogP contribution >= 0.6 is 0 Å². The maximum atomic E-state index is 12.9. The van der Waals surface area contributed by atoms with Gasteiger partial charge < -0.3 is 40.8 Å². The van der Waals surface area contributed by atoms with Crippen LogP contribution in [0.5, 0.6) is 17.5 Å². The number of rotatable bonds is 2. The van der Waals surface area contributed by atoms with E-state index in [-0.39, 0.29) is 44.7 Å². The highest BCUT2D eigenvalue weighted by Gasteiger charge is 2.29. The van der Waals surface area contributed by atoms with Crippen molar-refractivity contribution in [3.8, 4) is 17.5 Å². The molecule has 0 spiro atoms. The highest BCUT2D eigenvalue weighted by molar-refractivity contribution is 6.39. The predicted octanol–water partition coefficient (Wildman–Crippen LogP) is 5.01. The normalized spacial score (nSPS) is 16.4. The quantitative estimate of drug-likeness (QED) is 0.138. The molecular weight excluding hydrogens is 697 g/mol. The monoisotopic (exact) mass is 734 g/mol. The zero-order valence-electron chi connectivity index (χ0n) is 28.8. The van der Waals surface area contributed by atoms with Crippen LogP contribution in [0.25, 0.3) is 0 Å². The van der Waals surface area contributed by atoms with Gasteiger partial charge in [0.25, 0.3) is 5.91 Å². The van der Waals surface area contributed by atoms with E-state index in [0.717, 1.165) is 5.56 Å². The van der Waals surface area contributed by atoms with Gasteiger partial charge >= 0.3 is 24.0 Å². The number of hydrogen-bond acceptors (Lipinski definition) is 11. The molecule has 53 heavy (non-hydrogen) atoms. The Hall–Kier alpha value is -6.39. The van der Waals surface area contributed by atoms with E-state index in [1.165, 1.54) is 12.1 Å². The van der Waals surface area contributed by atoms with Crippen LogP contribution in [-0.4, -0.2) is 71.8 Å². The smallest absolute Gasteiger partial charge is 0.422 e. The Morgan fingerprint density at radius 1 is 0.679 bits per heavy atom. The first-order valence-corrected chi connectivity index (χ1v) is 16.3. The first kappa shape index (κ1) is 37.9. The maximum Gasteiger partial charge on any atom is 0.422 e. The molecule has 0 radical (unpaired) electrons. The van der Waals surface area contributed by atoms with Crippen molar-refractivity contribution in [1.29, 1.82) is 0 Å². The Morgan fingerprint density at radius 2 is 1.23 bits per heavy atom. The molecule has 8 bridgehead atoms. The van der Waals surface area contributed by atoms with Gasteiger partial charge in [-0.05, 0) is 83.8 Å². The van der Waals surface area contributed by atoms with Gasteiger partial charge in [-0.2, -0.15) is 28.1 Å². The van der Waals surface area contributed by atoms with Crippen LogP contribution in [0, 0.1) is 5.41 Å². The molecule has 5 N–H and O–H groups in total. The van der Waals surface area contributed by atoms with Crippen LogP contribution in [0.2, 0.25) is 0 Å². The molecule has 0 saturated heterocycles. The number of ether oxygens (including phenoxy) is 3. The summed E-state index contributed by atoms with van der Waals surface area (Å²) in [5, 5.41) is 13.8. The van der Waals surface area contributed by atoms with Gasteiger partial charge in [0, 0.05) is 36.6 Å². The van der Waals surface area contributed by atoms with Crippen LogP contribution in [0.4, 0.5) is 36.4 Å². The van der Waals surface area contributed by atoms with E-state index in [1.54, 1.807) is 72.8 Å². The second kappa shape index (κ2) is 17.2. The zero-order chi connectivity index (χ0) is 37.8. The second-order valence-corrected chi connectivity index (χ2v) is 12.5. The van der Waals surface area contributed by atoms with Crippen molar-refractivity contribution in [3.05, 3.63) is 96.1 Å². The van der Waals surface area contributed by atoms with Crippen molar-refractivity contribution < 1.29 is 41.8 Å². The second-order valence-electron chi connectivity index (χ2n) is 12.5. The summed E-state index contributed by atoms with van der Waals surface area (Å²) in [5.41, 5.74) is 1.34. The molecule has 1 aromatic heterocycles. The Morgan fingerprint density at radius 3 is 1.85 bits per heavy atom. The number of benzene rings is 3. The highest BCUT2D eigenvalue weighted by Crippen LogP contribution is 2.22. The summed E-state index contributed by atoms with van der Waals surface area (Å²) < 4.78 is 54.9. The number of amides is 3. The lowest BCUT2D eigenvalue weighted by molar-refractivity contribution is -0.154. The Bertz CT molecular complexity index is 1900. The number of nitrogens with zero attached hydrogens (tertiary/aromatic N) is 3. The minimum atomic E-state index is -4.61. The third-order valence-corrected chi connectivity index (χ3v) is 7.39. The summed E-state index contributed by atoms with van der Waals surface area (Å²) >= 11 is 0. The molecule has 0 fully saturated rings. The number of fused-ring (bicyclic) bond motifs is 3. The molecule has 3 amide bonds. The van der Waals surface area contributed by atoms with Crippen molar-refractivity contribution in [3.63, 3.8) is 0 Å². The van der Waals surface area contributed by atoms with Crippen molar-refractivity contribution in [2.75, 3.05) is 48.9 Å². The van der Waals surface area contributed by atoms with E-state index in [1.807, 2.05) is 13.8 Å². The maximum absolute atomic E-state index is 12.9. The van der Waals surface area contributed by atoms with Crippen LogP contribution in [0.15, 0.2) is 84.9 Å². The van der Waals surface area contributed by atoms with Crippen LogP contribution in [-0.2, 0) is 16.1 Å². The fourth-order valence-electron chi connectivity index (χ4n) is 4.55. The summed E-state index contributed by atoms with van der Waals surface area (Å²) in [5.74, 6) is -1.06. The van der Waals surface area contributed by atoms with Gasteiger partial charge in [-0.3, -0.25) is 14.4 Å². The fraction of sp³-hybridized carbons (Fsp3) is 0.278. The van der Waals surface area contributed by atoms with Gasteiger partial charge in [0.2, 0.25) is 11.9 Å². The van der Waals surface area contributed by atoms with E-state index in [4.69, 9.17) is 14.2 Å². The predicted molar refractivity (Wildman–Crippen MR) is 189 cm³/mol. The number of carbonyl (C=O) groups excluding carboxylic acids is 3. The molecule has 14 nitrogen and oxygen atoms in total. The van der Waals surface area contributed by atoms with Gasteiger partial charge in [0.05, 0.1) is 0 Å². The third kappa shape index (κ3) is 12.4. The minimum absolute atomic E-state index is 0.0413. The molecule has 4 aliphatic heterocycles. The Labute approximate surface area is 302 Å². The fourth-order valence-corrected chi connectivity index (χ4v) is 4.55. The highest BCUT2D eigenvalue weighted by atomic mass is 19.4. The lowest BCUT2D eigenvalue weighted by Crippen LogP contribution is -2.44. The van der Waals surface area contributed by atoms with Gasteiger partial charge in [-0.15, -0.1) is 0 Å². The number of halogens is 3. The summed E-state index contributed by atoms with van der Waals surface area (Å²) in [6.07, 6.45) is -1.03. The standard InChI is InChI=1S/C36H37F3N8O6/c1-35(2)20-41-29(48)24-7-9-26(10-8-24)44-33-45-32(46-34(47-33)53-22-36(37,38)39)40-19-23-5-13-27(14-6-23)51-17-3-4-18-52-28-15-11-25(12-16-28)43-31(50)30(49)42-21-35/h3-16H,17-22H2,1-2H3,(H,41,48)(H,42,49)(H,43,50)(H2,40,44,45,46,47)/b4-3+. The molecule has 278 valence electrons. The summed E-state index contributed by atoms with van der Waals surface area (Å²) in [6, 6.07) is 19.3.